The molecule has 29 heavy (non-hydrogen) atoms. The predicted octanol–water partition coefficient (Wildman–Crippen LogP) is 3.72. The van der Waals surface area contributed by atoms with Gasteiger partial charge in [-0.15, -0.1) is 0 Å². The van der Waals surface area contributed by atoms with Crippen LogP contribution in [0.3, 0.4) is 0 Å². The Morgan fingerprint density at radius 2 is 1.76 bits per heavy atom. The molecular formula is C23H24N2O4. The van der Waals surface area contributed by atoms with E-state index >= 15 is 0 Å². The van der Waals surface area contributed by atoms with Crippen LogP contribution in [0.25, 0.3) is 10.9 Å². The maximum Gasteiger partial charge on any atom is 0.340 e. The standard InChI is InChI=1S/C23H24N2O4/c1-15-18-11-7-8-12-19(18)25-20(13-28-3)22(15)23(27)29-14-21(26)24-16(2)17-9-5-4-6-10-17/h4-12,16H,13-14H2,1-3H3,(H,24,26). The molecule has 0 aliphatic carbocycles. The van der Waals surface area contributed by atoms with Gasteiger partial charge in [-0.05, 0) is 31.0 Å². The third-order valence-corrected chi connectivity index (χ3v) is 4.72. The quantitative estimate of drug-likeness (QED) is 0.620. The van der Waals surface area contributed by atoms with Crippen molar-refractivity contribution in [2.75, 3.05) is 13.7 Å². The third kappa shape index (κ3) is 4.78. The van der Waals surface area contributed by atoms with Crippen molar-refractivity contribution in [2.24, 2.45) is 0 Å². The summed E-state index contributed by atoms with van der Waals surface area (Å²) in [5, 5.41) is 3.69. The van der Waals surface area contributed by atoms with Crippen LogP contribution < -0.4 is 5.32 Å². The fourth-order valence-corrected chi connectivity index (χ4v) is 3.26. The second kappa shape index (κ2) is 9.30. The van der Waals surface area contributed by atoms with Gasteiger partial charge >= 0.3 is 5.97 Å². The molecule has 0 radical (unpaired) electrons. The summed E-state index contributed by atoms with van der Waals surface area (Å²) in [5.74, 6) is -0.954. The van der Waals surface area contributed by atoms with Crippen LogP contribution in [0.4, 0.5) is 0 Å². The van der Waals surface area contributed by atoms with E-state index in [0.717, 1.165) is 22.0 Å². The number of pyridine rings is 1. The summed E-state index contributed by atoms with van der Waals surface area (Å²) in [7, 11) is 1.54. The lowest BCUT2D eigenvalue weighted by molar-refractivity contribution is -0.124. The van der Waals surface area contributed by atoms with Crippen LogP contribution in [0.2, 0.25) is 0 Å². The Morgan fingerprint density at radius 3 is 2.48 bits per heavy atom. The van der Waals surface area contributed by atoms with Gasteiger partial charge in [0.05, 0.1) is 29.4 Å². The van der Waals surface area contributed by atoms with Gasteiger partial charge in [0, 0.05) is 12.5 Å². The molecule has 0 spiro atoms. The zero-order valence-electron chi connectivity index (χ0n) is 16.8. The summed E-state index contributed by atoms with van der Waals surface area (Å²) in [5.41, 5.74) is 3.35. The molecule has 0 saturated heterocycles. The summed E-state index contributed by atoms with van der Waals surface area (Å²) in [6.45, 7) is 3.53. The minimum absolute atomic E-state index is 0.174. The van der Waals surface area contributed by atoms with Crippen LogP contribution in [-0.2, 0) is 20.9 Å². The largest absolute Gasteiger partial charge is 0.452 e. The average Bonchev–Trinajstić information content (AvgIpc) is 2.73. The number of ether oxygens (including phenoxy) is 2. The molecule has 0 bridgehead atoms. The fourth-order valence-electron chi connectivity index (χ4n) is 3.26. The Labute approximate surface area is 169 Å². The first-order valence-electron chi connectivity index (χ1n) is 9.40. The molecule has 6 heteroatoms. The van der Waals surface area contributed by atoms with E-state index in [0.29, 0.717) is 11.3 Å². The van der Waals surface area contributed by atoms with Gasteiger partial charge in [0.15, 0.2) is 6.61 Å². The fraction of sp³-hybridized carbons (Fsp3) is 0.261. The lowest BCUT2D eigenvalue weighted by Gasteiger charge is -2.16. The van der Waals surface area contributed by atoms with Crippen molar-refractivity contribution in [1.29, 1.82) is 0 Å². The van der Waals surface area contributed by atoms with E-state index in [1.165, 1.54) is 0 Å². The highest BCUT2D eigenvalue weighted by Gasteiger charge is 2.21. The Bertz CT molecular complexity index is 1020. The average molecular weight is 392 g/mol. The van der Waals surface area contributed by atoms with E-state index in [-0.39, 0.29) is 25.2 Å². The van der Waals surface area contributed by atoms with Gasteiger partial charge in [-0.1, -0.05) is 48.5 Å². The molecule has 0 aliphatic rings. The highest BCUT2D eigenvalue weighted by atomic mass is 16.5. The molecule has 0 saturated carbocycles. The van der Waals surface area contributed by atoms with Crippen LogP contribution in [0, 0.1) is 6.92 Å². The van der Waals surface area contributed by atoms with Gasteiger partial charge in [0.2, 0.25) is 0 Å². The predicted molar refractivity (Wildman–Crippen MR) is 110 cm³/mol. The van der Waals surface area contributed by atoms with E-state index in [2.05, 4.69) is 10.3 Å². The number of aromatic nitrogens is 1. The summed E-state index contributed by atoms with van der Waals surface area (Å²) >= 11 is 0. The van der Waals surface area contributed by atoms with Crippen molar-refractivity contribution >= 4 is 22.8 Å². The molecule has 1 atom stereocenters. The Morgan fingerprint density at radius 1 is 1.07 bits per heavy atom. The summed E-state index contributed by atoms with van der Waals surface area (Å²) in [6.07, 6.45) is 0. The van der Waals surface area contributed by atoms with E-state index < -0.39 is 5.97 Å². The Balaban J connectivity index is 1.73. The number of aryl methyl sites for hydroxylation is 1. The molecule has 1 aromatic heterocycles. The first-order valence-corrected chi connectivity index (χ1v) is 9.40. The maximum atomic E-state index is 12.8. The molecule has 1 amide bonds. The summed E-state index contributed by atoms with van der Waals surface area (Å²) in [6, 6.07) is 17.0. The van der Waals surface area contributed by atoms with Crippen LogP contribution in [0.15, 0.2) is 54.6 Å². The van der Waals surface area contributed by atoms with E-state index in [1.807, 2.05) is 68.4 Å². The van der Waals surface area contributed by atoms with Gasteiger partial charge in [0.25, 0.3) is 5.91 Å². The summed E-state index contributed by atoms with van der Waals surface area (Å²) in [4.78, 5) is 29.5. The highest BCUT2D eigenvalue weighted by Crippen LogP contribution is 2.24. The van der Waals surface area contributed by atoms with Crippen LogP contribution in [-0.4, -0.2) is 30.6 Å². The number of amides is 1. The minimum atomic E-state index is -0.588. The van der Waals surface area contributed by atoms with Crippen molar-refractivity contribution in [3.8, 4) is 0 Å². The second-order valence-corrected chi connectivity index (χ2v) is 6.78. The van der Waals surface area contributed by atoms with Crippen LogP contribution >= 0.6 is 0 Å². The van der Waals surface area contributed by atoms with Crippen molar-refractivity contribution in [3.05, 3.63) is 77.0 Å². The van der Waals surface area contributed by atoms with Crippen LogP contribution in [0.1, 0.15) is 40.1 Å². The van der Waals surface area contributed by atoms with E-state index in [1.54, 1.807) is 7.11 Å². The van der Waals surface area contributed by atoms with E-state index in [9.17, 15) is 9.59 Å². The second-order valence-electron chi connectivity index (χ2n) is 6.78. The van der Waals surface area contributed by atoms with Gasteiger partial charge in [0.1, 0.15) is 0 Å². The topological polar surface area (TPSA) is 77.5 Å². The monoisotopic (exact) mass is 392 g/mol. The number of benzene rings is 2. The van der Waals surface area contributed by atoms with Gasteiger partial charge in [-0.25, -0.2) is 9.78 Å². The number of rotatable bonds is 7. The molecule has 1 heterocycles. The number of carbonyl (C=O) groups excluding carboxylic acids is 2. The lowest BCUT2D eigenvalue weighted by Crippen LogP contribution is -2.31. The third-order valence-electron chi connectivity index (χ3n) is 4.72. The summed E-state index contributed by atoms with van der Waals surface area (Å²) < 4.78 is 10.5. The lowest BCUT2D eigenvalue weighted by atomic mass is 10.0. The molecule has 1 N–H and O–H groups in total. The number of esters is 1. The maximum absolute atomic E-state index is 12.8. The highest BCUT2D eigenvalue weighted by molar-refractivity contribution is 5.99. The van der Waals surface area contributed by atoms with Crippen LogP contribution in [0.5, 0.6) is 0 Å². The minimum Gasteiger partial charge on any atom is -0.452 e. The molecule has 0 fully saturated rings. The van der Waals surface area contributed by atoms with Crippen molar-refractivity contribution in [3.63, 3.8) is 0 Å². The number of nitrogens with zero attached hydrogens (tertiary/aromatic N) is 1. The first-order chi connectivity index (χ1) is 14.0. The van der Waals surface area contributed by atoms with Crippen molar-refractivity contribution in [1.82, 2.24) is 10.3 Å². The first kappa shape index (κ1) is 20.5. The molecule has 0 aliphatic heterocycles. The van der Waals surface area contributed by atoms with E-state index in [4.69, 9.17) is 9.47 Å². The zero-order valence-corrected chi connectivity index (χ0v) is 16.8. The number of hydrogen-bond donors (Lipinski definition) is 1. The molecule has 1 unspecified atom stereocenters. The number of fused-ring (bicyclic) bond motifs is 1. The molecule has 3 aromatic rings. The smallest absolute Gasteiger partial charge is 0.340 e. The normalized spacial score (nSPS) is 11.8. The van der Waals surface area contributed by atoms with Gasteiger partial charge in [-0.2, -0.15) is 0 Å². The molecule has 6 nitrogen and oxygen atoms in total. The SMILES string of the molecule is COCc1nc2ccccc2c(C)c1C(=O)OCC(=O)NC(C)c1ccccc1. The molecular weight excluding hydrogens is 368 g/mol. The Kier molecular flexibility index (Phi) is 6.57. The van der Waals surface area contributed by atoms with Crippen molar-refractivity contribution < 1.29 is 19.1 Å². The number of para-hydroxylation sites is 1. The number of hydrogen-bond acceptors (Lipinski definition) is 5. The number of methoxy groups -OCH3 is 1. The number of carbonyl (C=O) groups is 2. The number of nitrogens with one attached hydrogen (secondary N) is 1. The van der Waals surface area contributed by atoms with Crippen molar-refractivity contribution in [2.45, 2.75) is 26.5 Å². The Hall–Kier alpha value is -3.25. The van der Waals surface area contributed by atoms with Gasteiger partial charge in [-0.3, -0.25) is 4.79 Å². The molecule has 150 valence electrons. The molecule has 3 rings (SSSR count). The molecule has 2 aromatic carbocycles. The van der Waals surface area contributed by atoms with Gasteiger partial charge < -0.3 is 14.8 Å². The zero-order chi connectivity index (χ0) is 20.8.